The fourth-order valence-electron chi connectivity index (χ4n) is 7.56. The Labute approximate surface area is 144 Å². The summed E-state index contributed by atoms with van der Waals surface area (Å²) >= 11 is 0. The minimum atomic E-state index is -0.172. The van der Waals surface area contributed by atoms with E-state index in [1.54, 1.807) is 0 Å². The Morgan fingerprint density at radius 3 is 2.00 bits per heavy atom. The fourth-order valence-corrected chi connectivity index (χ4v) is 7.56. The normalized spacial score (nSPS) is 47.8. The van der Waals surface area contributed by atoms with Gasteiger partial charge in [-0.15, -0.1) is 0 Å². The summed E-state index contributed by atoms with van der Waals surface area (Å²) in [6, 6.07) is 0. The summed E-state index contributed by atoms with van der Waals surface area (Å²) in [5.74, 6) is 4.58. The minimum absolute atomic E-state index is 0.0191. The number of amides is 2. The van der Waals surface area contributed by atoms with Crippen molar-refractivity contribution in [2.24, 2.45) is 40.9 Å². The standard InChI is InChI=1S/C20H30N2O2/c23-18(8-17-7-12-1-2-16(17)6-12)21-22-19(24)20-9-13-3-14(10-20)5-15(4-13)11-20/h12-17H,1-11H2,(H,21,23)(H,22,24)/t12-,13?,14?,15?,16+,17-,20?/m1/s1. The third-order valence-electron chi connectivity index (χ3n) is 8.17. The predicted octanol–water partition coefficient (Wildman–Crippen LogP) is 3.18. The maximum Gasteiger partial charge on any atom is 0.244 e. The van der Waals surface area contributed by atoms with Crippen molar-refractivity contribution in [3.05, 3.63) is 0 Å². The van der Waals surface area contributed by atoms with E-state index < -0.39 is 0 Å². The van der Waals surface area contributed by atoms with Gasteiger partial charge in [0.15, 0.2) is 0 Å². The van der Waals surface area contributed by atoms with E-state index in [1.165, 1.54) is 44.9 Å². The van der Waals surface area contributed by atoms with E-state index in [2.05, 4.69) is 10.9 Å². The van der Waals surface area contributed by atoms with Crippen LogP contribution in [0, 0.1) is 40.9 Å². The van der Waals surface area contributed by atoms with E-state index in [9.17, 15) is 9.59 Å². The monoisotopic (exact) mass is 330 g/mol. The van der Waals surface area contributed by atoms with Crippen LogP contribution in [0.2, 0.25) is 0 Å². The van der Waals surface area contributed by atoms with Crippen LogP contribution in [0.3, 0.4) is 0 Å². The summed E-state index contributed by atoms with van der Waals surface area (Å²) < 4.78 is 0. The summed E-state index contributed by atoms with van der Waals surface area (Å²) in [6.07, 6.45) is 13.0. The third kappa shape index (κ3) is 2.48. The van der Waals surface area contributed by atoms with Gasteiger partial charge in [-0.25, -0.2) is 0 Å². The number of hydrazine groups is 1. The highest BCUT2D eigenvalue weighted by Crippen LogP contribution is 2.60. The molecule has 0 saturated heterocycles. The number of nitrogens with one attached hydrogen (secondary N) is 2. The Kier molecular flexibility index (Phi) is 3.47. The lowest BCUT2D eigenvalue weighted by molar-refractivity contribution is -0.149. The zero-order valence-electron chi connectivity index (χ0n) is 14.6. The summed E-state index contributed by atoms with van der Waals surface area (Å²) in [5.41, 5.74) is 5.40. The molecule has 2 amide bonds. The van der Waals surface area contributed by atoms with E-state index in [0.717, 1.165) is 48.9 Å². The minimum Gasteiger partial charge on any atom is -0.273 e. The van der Waals surface area contributed by atoms with Gasteiger partial charge in [-0.3, -0.25) is 20.4 Å². The first kappa shape index (κ1) is 15.2. The van der Waals surface area contributed by atoms with Crippen LogP contribution in [0.25, 0.3) is 0 Å². The second-order valence-electron chi connectivity index (χ2n) is 9.84. The highest BCUT2D eigenvalue weighted by molar-refractivity contribution is 5.86. The largest absolute Gasteiger partial charge is 0.273 e. The van der Waals surface area contributed by atoms with Crippen molar-refractivity contribution in [2.75, 3.05) is 0 Å². The molecular weight excluding hydrogens is 300 g/mol. The second-order valence-corrected chi connectivity index (χ2v) is 9.84. The van der Waals surface area contributed by atoms with E-state index in [1.807, 2.05) is 0 Å². The lowest BCUT2D eigenvalue weighted by atomic mass is 9.49. The van der Waals surface area contributed by atoms with Gasteiger partial charge in [-0.1, -0.05) is 6.42 Å². The smallest absolute Gasteiger partial charge is 0.244 e. The molecule has 6 aliphatic carbocycles. The SMILES string of the molecule is O=C(C[C@H]1C[C@@H]2CC[C@H]1C2)NNC(=O)C12CC3CC(CC(C3)C1)C2. The van der Waals surface area contributed by atoms with Crippen LogP contribution in [0.15, 0.2) is 0 Å². The van der Waals surface area contributed by atoms with Gasteiger partial charge in [0.05, 0.1) is 5.41 Å². The number of hydrogen-bond acceptors (Lipinski definition) is 2. The summed E-state index contributed by atoms with van der Waals surface area (Å²) in [6.45, 7) is 0. The Morgan fingerprint density at radius 2 is 1.46 bits per heavy atom. The summed E-state index contributed by atoms with van der Waals surface area (Å²) in [7, 11) is 0. The van der Waals surface area contributed by atoms with Gasteiger partial charge in [0.2, 0.25) is 11.8 Å². The number of carbonyl (C=O) groups excluding carboxylic acids is 2. The molecule has 4 nitrogen and oxygen atoms in total. The zero-order chi connectivity index (χ0) is 16.3. The number of rotatable bonds is 3. The molecule has 6 aliphatic rings. The highest BCUT2D eigenvalue weighted by atomic mass is 16.2. The average molecular weight is 330 g/mol. The molecular formula is C20H30N2O2. The molecule has 2 N–H and O–H groups in total. The molecule has 0 radical (unpaired) electrons. The van der Waals surface area contributed by atoms with Crippen LogP contribution in [0.5, 0.6) is 0 Å². The summed E-state index contributed by atoms with van der Waals surface area (Å²) in [5, 5.41) is 0. The Morgan fingerprint density at radius 1 is 0.792 bits per heavy atom. The van der Waals surface area contributed by atoms with E-state index in [4.69, 9.17) is 0 Å². The van der Waals surface area contributed by atoms with Crippen LogP contribution < -0.4 is 10.9 Å². The van der Waals surface area contributed by atoms with Crippen molar-refractivity contribution in [1.29, 1.82) is 0 Å². The summed E-state index contributed by atoms with van der Waals surface area (Å²) in [4.78, 5) is 25.1. The number of carbonyl (C=O) groups is 2. The van der Waals surface area contributed by atoms with Gasteiger partial charge in [0.25, 0.3) is 0 Å². The van der Waals surface area contributed by atoms with Gasteiger partial charge in [-0.2, -0.15) is 0 Å². The van der Waals surface area contributed by atoms with Crippen LogP contribution in [-0.4, -0.2) is 11.8 Å². The topological polar surface area (TPSA) is 58.2 Å². The molecule has 0 heterocycles. The van der Waals surface area contributed by atoms with Crippen molar-refractivity contribution < 1.29 is 9.59 Å². The molecule has 0 aromatic heterocycles. The molecule has 24 heavy (non-hydrogen) atoms. The fraction of sp³-hybridized carbons (Fsp3) is 0.900. The van der Waals surface area contributed by atoms with E-state index in [0.29, 0.717) is 12.3 Å². The molecule has 6 fully saturated rings. The van der Waals surface area contributed by atoms with Crippen LogP contribution in [0.4, 0.5) is 0 Å². The molecule has 3 atom stereocenters. The Bertz CT molecular complexity index is 523. The van der Waals surface area contributed by atoms with Gasteiger partial charge in [-0.05, 0) is 93.3 Å². The van der Waals surface area contributed by atoms with Crippen molar-refractivity contribution in [2.45, 2.75) is 70.6 Å². The quantitative estimate of drug-likeness (QED) is 0.781. The van der Waals surface area contributed by atoms with Crippen molar-refractivity contribution in [1.82, 2.24) is 10.9 Å². The Balaban J connectivity index is 1.15. The first-order valence-corrected chi connectivity index (χ1v) is 10.2. The molecule has 0 unspecified atom stereocenters. The predicted molar refractivity (Wildman–Crippen MR) is 90.4 cm³/mol. The maximum absolute atomic E-state index is 12.8. The van der Waals surface area contributed by atoms with Gasteiger partial charge in [0, 0.05) is 6.42 Å². The number of hydrogen-bond donors (Lipinski definition) is 2. The van der Waals surface area contributed by atoms with Gasteiger partial charge < -0.3 is 0 Å². The lowest BCUT2D eigenvalue weighted by Gasteiger charge is -2.55. The Hall–Kier alpha value is -1.06. The average Bonchev–Trinajstić information content (AvgIpc) is 3.14. The molecule has 0 spiro atoms. The maximum atomic E-state index is 12.8. The van der Waals surface area contributed by atoms with Crippen LogP contribution in [-0.2, 0) is 9.59 Å². The van der Waals surface area contributed by atoms with Crippen LogP contribution >= 0.6 is 0 Å². The molecule has 6 rings (SSSR count). The van der Waals surface area contributed by atoms with Crippen molar-refractivity contribution in [3.8, 4) is 0 Å². The second kappa shape index (κ2) is 5.47. The number of fused-ring (bicyclic) bond motifs is 2. The molecule has 0 aromatic rings. The van der Waals surface area contributed by atoms with E-state index in [-0.39, 0.29) is 17.2 Å². The molecule has 0 aromatic carbocycles. The molecule has 132 valence electrons. The lowest BCUT2D eigenvalue weighted by Crippen LogP contribution is -2.56. The van der Waals surface area contributed by atoms with Crippen LogP contribution in [0.1, 0.15) is 70.6 Å². The van der Waals surface area contributed by atoms with Crippen molar-refractivity contribution >= 4 is 11.8 Å². The highest BCUT2D eigenvalue weighted by Gasteiger charge is 2.54. The third-order valence-corrected chi connectivity index (χ3v) is 8.17. The molecule has 6 saturated carbocycles. The van der Waals surface area contributed by atoms with Gasteiger partial charge >= 0.3 is 0 Å². The molecule has 0 aliphatic heterocycles. The first-order valence-electron chi connectivity index (χ1n) is 10.2. The van der Waals surface area contributed by atoms with Crippen molar-refractivity contribution in [3.63, 3.8) is 0 Å². The first-order chi connectivity index (χ1) is 11.6. The molecule has 4 heteroatoms. The zero-order valence-corrected chi connectivity index (χ0v) is 14.6. The van der Waals surface area contributed by atoms with Gasteiger partial charge in [0.1, 0.15) is 0 Å². The van der Waals surface area contributed by atoms with E-state index >= 15 is 0 Å². The molecule has 6 bridgehead atoms.